The Kier molecular flexibility index (Phi) is 7.13. The molecule has 0 saturated carbocycles. The van der Waals surface area contributed by atoms with Crippen molar-refractivity contribution < 1.29 is 27.2 Å². The smallest absolute Gasteiger partial charge is 0.344 e. The van der Waals surface area contributed by atoms with E-state index in [-0.39, 0.29) is 41.1 Å². The normalized spacial score (nSPS) is 17.7. The summed E-state index contributed by atoms with van der Waals surface area (Å²) in [5.74, 6) is -2.17. The molecule has 3 heterocycles. The van der Waals surface area contributed by atoms with E-state index in [0.717, 1.165) is 18.2 Å². The number of amides is 2. The van der Waals surface area contributed by atoms with Crippen molar-refractivity contribution in [2.75, 3.05) is 28.7 Å². The lowest BCUT2D eigenvalue weighted by atomic mass is 10.0. The summed E-state index contributed by atoms with van der Waals surface area (Å²) in [6, 6.07) is 4.48. The zero-order valence-corrected chi connectivity index (χ0v) is 20.8. The minimum atomic E-state index is -4.63. The van der Waals surface area contributed by atoms with Gasteiger partial charge in [-0.05, 0) is 43.7 Å². The summed E-state index contributed by atoms with van der Waals surface area (Å²) in [4.78, 5) is 37.5. The number of anilines is 3. The maximum atomic E-state index is 13.6. The number of likely N-dealkylation sites (N-methyl/N-ethyl adjacent to an activating group) is 1. The van der Waals surface area contributed by atoms with Gasteiger partial charge in [0.15, 0.2) is 0 Å². The van der Waals surface area contributed by atoms with E-state index in [1.165, 1.54) is 42.1 Å². The van der Waals surface area contributed by atoms with Crippen molar-refractivity contribution in [2.24, 2.45) is 13.0 Å². The van der Waals surface area contributed by atoms with Crippen molar-refractivity contribution in [2.45, 2.75) is 25.6 Å². The second-order valence-electron chi connectivity index (χ2n) is 8.80. The number of carbonyl (C=O) groups excluding carboxylic acids is 2. The Morgan fingerprint density at radius 3 is 2.57 bits per heavy atom. The summed E-state index contributed by atoms with van der Waals surface area (Å²) in [5, 5.41) is 2.50. The maximum absolute atomic E-state index is 13.6. The van der Waals surface area contributed by atoms with Gasteiger partial charge in [-0.3, -0.25) is 14.9 Å². The van der Waals surface area contributed by atoms with E-state index in [2.05, 4.69) is 15.3 Å². The van der Waals surface area contributed by atoms with Crippen LogP contribution in [0.25, 0.3) is 0 Å². The number of benzene rings is 1. The molecule has 37 heavy (non-hydrogen) atoms. The van der Waals surface area contributed by atoms with Crippen molar-refractivity contribution >= 4 is 40.9 Å². The molecule has 13 heteroatoms. The van der Waals surface area contributed by atoms with Crippen molar-refractivity contribution in [1.82, 2.24) is 14.5 Å². The number of hydrogen-bond donors (Lipinski definition) is 1. The first-order valence-electron chi connectivity index (χ1n) is 11.2. The molecule has 8 nitrogen and oxygen atoms in total. The van der Waals surface area contributed by atoms with Crippen LogP contribution in [0.5, 0.6) is 0 Å². The second kappa shape index (κ2) is 10.0. The van der Waals surface area contributed by atoms with Gasteiger partial charge in [0.05, 0.1) is 16.5 Å². The average Bonchev–Trinajstić information content (AvgIpc) is 3.45. The van der Waals surface area contributed by atoms with Gasteiger partial charge < -0.3 is 14.4 Å². The highest BCUT2D eigenvalue weighted by Gasteiger charge is 2.43. The third-order valence-corrected chi connectivity index (χ3v) is 6.49. The number of pyridine rings is 1. The van der Waals surface area contributed by atoms with Gasteiger partial charge in [0.25, 0.3) is 0 Å². The minimum absolute atomic E-state index is 0.00529. The fraction of sp³-hybridized carbons (Fsp3) is 0.333. The lowest BCUT2D eigenvalue weighted by Gasteiger charge is -2.29. The van der Waals surface area contributed by atoms with E-state index in [1.54, 1.807) is 17.8 Å². The number of alkyl halides is 3. The molecule has 0 bridgehead atoms. The number of carbonyl (C=O) groups is 2. The molecular weight excluding hydrogens is 516 g/mol. The van der Waals surface area contributed by atoms with E-state index >= 15 is 0 Å². The summed E-state index contributed by atoms with van der Waals surface area (Å²) in [6.45, 7) is 1.36. The first kappa shape index (κ1) is 26.4. The zero-order chi connectivity index (χ0) is 27.1. The van der Waals surface area contributed by atoms with Crippen LogP contribution in [0.1, 0.15) is 17.7 Å². The number of nitrogens with one attached hydrogen (secondary N) is 1. The predicted molar refractivity (Wildman–Crippen MR) is 130 cm³/mol. The van der Waals surface area contributed by atoms with E-state index in [4.69, 9.17) is 11.6 Å². The first-order chi connectivity index (χ1) is 17.3. The monoisotopic (exact) mass is 538 g/mol. The molecule has 1 saturated heterocycles. The molecule has 4 rings (SSSR count). The van der Waals surface area contributed by atoms with Crippen molar-refractivity contribution in [3.8, 4) is 0 Å². The molecule has 1 aliphatic rings. The summed E-state index contributed by atoms with van der Waals surface area (Å²) < 4.78 is 55.8. The molecule has 0 unspecified atom stereocenters. The number of imidazole rings is 1. The van der Waals surface area contributed by atoms with Crippen molar-refractivity contribution in [3.05, 3.63) is 64.8 Å². The number of halogens is 5. The topological polar surface area (TPSA) is 83.4 Å². The van der Waals surface area contributed by atoms with Gasteiger partial charge in [0, 0.05) is 44.4 Å². The Morgan fingerprint density at radius 2 is 1.95 bits per heavy atom. The molecule has 0 spiro atoms. The van der Waals surface area contributed by atoms with Gasteiger partial charge in [-0.15, -0.1) is 0 Å². The minimum Gasteiger partial charge on any atom is -0.344 e. The molecule has 3 aromatic rings. The van der Waals surface area contributed by atoms with Gasteiger partial charge in [0.1, 0.15) is 17.7 Å². The molecule has 196 valence electrons. The number of nitrogens with zero attached hydrogens (tertiary/aromatic N) is 5. The Labute approximate surface area is 214 Å². The second-order valence-corrected chi connectivity index (χ2v) is 9.21. The van der Waals surface area contributed by atoms with Crippen molar-refractivity contribution in [3.63, 3.8) is 0 Å². The van der Waals surface area contributed by atoms with Crippen LogP contribution in [0.4, 0.5) is 35.0 Å². The molecule has 1 N–H and O–H groups in total. The van der Waals surface area contributed by atoms with Crippen LogP contribution >= 0.6 is 11.6 Å². The molecule has 1 aliphatic heterocycles. The number of aryl methyl sites for hydroxylation is 2. The fourth-order valence-electron chi connectivity index (χ4n) is 4.22. The number of aromatic nitrogens is 3. The molecule has 2 atom stereocenters. The third-order valence-electron chi connectivity index (χ3n) is 6.20. The standard InChI is InChI=1S/C24H23ClF4N6O2/c1-13-8-15(24(27,28)29)10-20(31-13)35-12-14(21(36)32-23-30-6-7-33(23)2)9-19(35)22(37)34(3)16-4-5-18(26)17(25)11-16/h4-8,10-11,14,19H,9,12H2,1-3H3,(H,30,32,36)/t14-,19-/m0/s1. The van der Waals surface area contributed by atoms with Gasteiger partial charge in [0.2, 0.25) is 17.8 Å². The van der Waals surface area contributed by atoms with E-state index < -0.39 is 41.3 Å². The van der Waals surface area contributed by atoms with Gasteiger partial charge >= 0.3 is 6.18 Å². The molecule has 2 aromatic heterocycles. The fourth-order valence-corrected chi connectivity index (χ4v) is 4.39. The Hall–Kier alpha value is -3.67. The van der Waals surface area contributed by atoms with Crippen molar-refractivity contribution in [1.29, 1.82) is 0 Å². The summed E-state index contributed by atoms with van der Waals surface area (Å²) in [5.41, 5.74) is -0.526. The Balaban J connectivity index is 1.68. The van der Waals surface area contributed by atoms with E-state index in [9.17, 15) is 27.2 Å². The lowest BCUT2D eigenvalue weighted by molar-refractivity contribution is -0.137. The maximum Gasteiger partial charge on any atom is 0.416 e. The van der Waals surface area contributed by atoms with Gasteiger partial charge in [-0.1, -0.05) is 11.6 Å². The average molecular weight is 539 g/mol. The number of rotatable bonds is 5. The zero-order valence-electron chi connectivity index (χ0n) is 20.1. The molecular formula is C24H23ClF4N6O2. The highest BCUT2D eigenvalue weighted by atomic mass is 35.5. The Morgan fingerprint density at radius 1 is 1.22 bits per heavy atom. The van der Waals surface area contributed by atoms with Gasteiger partial charge in [-0.2, -0.15) is 13.2 Å². The first-order valence-corrected chi connectivity index (χ1v) is 11.6. The van der Waals surface area contributed by atoms with Gasteiger partial charge in [-0.25, -0.2) is 14.4 Å². The van der Waals surface area contributed by atoms with Crippen LogP contribution in [0.15, 0.2) is 42.7 Å². The van der Waals surface area contributed by atoms with Crippen LogP contribution < -0.4 is 15.1 Å². The molecule has 1 fully saturated rings. The Bertz CT molecular complexity index is 1350. The van der Waals surface area contributed by atoms with Crippen LogP contribution in [0, 0.1) is 18.7 Å². The summed E-state index contributed by atoms with van der Waals surface area (Å²) in [7, 11) is 3.13. The molecule has 0 radical (unpaired) electrons. The summed E-state index contributed by atoms with van der Waals surface area (Å²) >= 11 is 5.87. The van der Waals surface area contributed by atoms with Crippen LogP contribution in [-0.2, 0) is 22.8 Å². The van der Waals surface area contributed by atoms with E-state index in [0.29, 0.717) is 0 Å². The molecule has 1 aromatic carbocycles. The highest BCUT2D eigenvalue weighted by molar-refractivity contribution is 6.31. The predicted octanol–water partition coefficient (Wildman–Crippen LogP) is 4.43. The third kappa shape index (κ3) is 5.53. The molecule has 0 aliphatic carbocycles. The van der Waals surface area contributed by atoms with Crippen LogP contribution in [-0.4, -0.2) is 46.0 Å². The number of hydrogen-bond acceptors (Lipinski definition) is 5. The van der Waals surface area contributed by atoms with Crippen LogP contribution in [0.2, 0.25) is 5.02 Å². The lowest BCUT2D eigenvalue weighted by Crippen LogP contribution is -2.44. The molecule has 2 amide bonds. The quantitative estimate of drug-likeness (QED) is 0.486. The highest BCUT2D eigenvalue weighted by Crippen LogP contribution is 2.36. The van der Waals surface area contributed by atoms with E-state index in [1.807, 2.05) is 0 Å². The van der Waals surface area contributed by atoms with Crippen LogP contribution in [0.3, 0.4) is 0 Å². The largest absolute Gasteiger partial charge is 0.416 e. The SMILES string of the molecule is Cc1cc(C(F)(F)F)cc(N2C[C@@H](C(=O)Nc3nccn3C)C[C@H]2C(=O)N(C)c2ccc(F)c(Cl)c2)n1. The summed E-state index contributed by atoms with van der Waals surface area (Å²) in [6.07, 6.45) is -1.48.